The number of hydrogen-bond acceptors (Lipinski definition) is 4. The van der Waals surface area contributed by atoms with E-state index in [0.717, 1.165) is 16.8 Å². The van der Waals surface area contributed by atoms with E-state index in [1.807, 2.05) is 49.3 Å². The summed E-state index contributed by atoms with van der Waals surface area (Å²) in [6, 6.07) is 11.2. The molecule has 0 saturated carbocycles. The van der Waals surface area contributed by atoms with Crippen LogP contribution in [0.25, 0.3) is 10.9 Å². The number of nitrogens with zero attached hydrogens (tertiary/aromatic N) is 2. The summed E-state index contributed by atoms with van der Waals surface area (Å²) in [5.74, 6) is 1.03. The molecule has 2 heterocycles. The van der Waals surface area contributed by atoms with Crippen molar-refractivity contribution in [3.05, 3.63) is 53.9 Å². The molecule has 6 heteroatoms. The van der Waals surface area contributed by atoms with Crippen LogP contribution in [0.4, 0.5) is 5.88 Å². The van der Waals surface area contributed by atoms with Gasteiger partial charge in [-0.3, -0.25) is 4.79 Å². The second-order valence-electron chi connectivity index (χ2n) is 5.02. The van der Waals surface area contributed by atoms with E-state index in [-0.39, 0.29) is 5.91 Å². The fourth-order valence-corrected chi connectivity index (χ4v) is 2.13. The predicted octanol–water partition coefficient (Wildman–Crippen LogP) is 2.59. The Kier molecular flexibility index (Phi) is 3.65. The number of aromatic amines is 1. The van der Waals surface area contributed by atoms with Gasteiger partial charge in [0.15, 0.2) is 5.88 Å². The number of hydrogen-bond donors (Lipinski definition) is 2. The van der Waals surface area contributed by atoms with Gasteiger partial charge in [0.2, 0.25) is 0 Å². The molecule has 2 aromatic heterocycles. The maximum absolute atomic E-state index is 12.1. The molecule has 0 atom stereocenters. The van der Waals surface area contributed by atoms with Crippen LogP contribution in [0.1, 0.15) is 16.1 Å². The number of amides is 1. The first-order valence-electron chi connectivity index (χ1n) is 6.82. The number of anilines is 1. The molecule has 1 amide bonds. The lowest BCUT2D eigenvalue weighted by Crippen LogP contribution is -2.17. The second kappa shape index (κ2) is 5.77. The third-order valence-corrected chi connectivity index (χ3v) is 3.25. The summed E-state index contributed by atoms with van der Waals surface area (Å²) in [7, 11) is 3.77. The van der Waals surface area contributed by atoms with Crippen LogP contribution < -0.4 is 10.3 Å². The molecular weight excluding hydrogens is 280 g/mol. The lowest BCUT2D eigenvalue weighted by atomic mass is 10.2. The van der Waals surface area contributed by atoms with Crippen molar-refractivity contribution < 1.29 is 9.21 Å². The second-order valence-corrected chi connectivity index (χ2v) is 5.02. The number of benzene rings is 1. The number of hydrazone groups is 1. The molecule has 3 aromatic rings. The van der Waals surface area contributed by atoms with Crippen molar-refractivity contribution in [1.82, 2.24) is 10.4 Å². The Morgan fingerprint density at radius 1 is 1.27 bits per heavy atom. The zero-order valence-electron chi connectivity index (χ0n) is 12.3. The Labute approximate surface area is 127 Å². The Bertz CT molecular complexity index is 829. The van der Waals surface area contributed by atoms with Crippen molar-refractivity contribution in [3.63, 3.8) is 0 Å². The molecule has 1 aromatic carbocycles. The Balaban J connectivity index is 1.70. The van der Waals surface area contributed by atoms with Crippen molar-refractivity contribution in [1.29, 1.82) is 0 Å². The Hall–Kier alpha value is -3.02. The van der Waals surface area contributed by atoms with E-state index < -0.39 is 0 Å². The number of aromatic nitrogens is 1. The van der Waals surface area contributed by atoms with Gasteiger partial charge in [0.1, 0.15) is 5.76 Å². The van der Waals surface area contributed by atoms with Crippen LogP contribution in [0.15, 0.2) is 52.1 Å². The maximum Gasteiger partial charge on any atom is 0.273 e. The minimum absolute atomic E-state index is 0.270. The predicted molar refractivity (Wildman–Crippen MR) is 86.4 cm³/mol. The largest absolute Gasteiger partial charge is 0.440 e. The van der Waals surface area contributed by atoms with Crippen LogP contribution in [-0.4, -0.2) is 31.2 Å². The molecule has 0 bridgehead atoms. The highest BCUT2D eigenvalue weighted by Crippen LogP contribution is 2.17. The Morgan fingerprint density at radius 2 is 2.09 bits per heavy atom. The average molecular weight is 296 g/mol. The van der Waals surface area contributed by atoms with Gasteiger partial charge in [0.05, 0.1) is 11.8 Å². The molecule has 0 unspecified atom stereocenters. The van der Waals surface area contributed by atoms with Crippen molar-refractivity contribution in [3.8, 4) is 0 Å². The third-order valence-electron chi connectivity index (χ3n) is 3.25. The summed E-state index contributed by atoms with van der Waals surface area (Å²) in [5, 5.41) is 4.79. The number of furan rings is 1. The van der Waals surface area contributed by atoms with E-state index in [4.69, 9.17) is 4.42 Å². The Morgan fingerprint density at radius 3 is 2.86 bits per heavy atom. The lowest BCUT2D eigenvalue weighted by Gasteiger charge is -2.05. The fraction of sp³-hybridized carbons (Fsp3) is 0.125. The fourth-order valence-electron chi connectivity index (χ4n) is 2.13. The standard InChI is InChI=1S/C16H16N4O2/c1-20(2)15-8-7-11(22-15)9-18-19-16(21)13-10-17-14-6-4-3-5-12(13)14/h3-10,17H,1-2H3,(H,19,21). The third kappa shape index (κ3) is 2.71. The van der Waals surface area contributed by atoms with Crippen LogP contribution in [0.2, 0.25) is 0 Å². The highest BCUT2D eigenvalue weighted by molar-refractivity contribution is 6.06. The lowest BCUT2D eigenvalue weighted by molar-refractivity contribution is 0.0957. The van der Waals surface area contributed by atoms with Crippen molar-refractivity contribution >= 4 is 28.9 Å². The van der Waals surface area contributed by atoms with Crippen molar-refractivity contribution in [2.45, 2.75) is 0 Å². The number of fused-ring (bicyclic) bond motifs is 1. The molecule has 0 aliphatic heterocycles. The first kappa shape index (κ1) is 13.9. The van der Waals surface area contributed by atoms with Gasteiger partial charge in [-0.15, -0.1) is 0 Å². The molecule has 6 nitrogen and oxygen atoms in total. The number of nitrogens with one attached hydrogen (secondary N) is 2. The number of para-hydroxylation sites is 1. The number of carbonyl (C=O) groups is 1. The molecule has 22 heavy (non-hydrogen) atoms. The molecule has 2 N–H and O–H groups in total. The van der Waals surface area contributed by atoms with E-state index in [1.165, 1.54) is 6.21 Å². The molecule has 0 aliphatic rings. The van der Waals surface area contributed by atoms with Crippen molar-refractivity contribution in [2.75, 3.05) is 19.0 Å². The van der Waals surface area contributed by atoms with Gasteiger partial charge in [0.25, 0.3) is 5.91 Å². The SMILES string of the molecule is CN(C)c1ccc(C=NNC(=O)c2c[nH]c3ccccc23)o1. The van der Waals surface area contributed by atoms with Crippen LogP contribution in [0, 0.1) is 0 Å². The minimum atomic E-state index is -0.270. The average Bonchev–Trinajstić information content (AvgIpc) is 3.13. The van der Waals surface area contributed by atoms with Crippen molar-refractivity contribution in [2.24, 2.45) is 5.10 Å². The molecule has 112 valence electrons. The van der Waals surface area contributed by atoms with Crippen LogP contribution in [0.3, 0.4) is 0 Å². The van der Waals surface area contributed by atoms with E-state index >= 15 is 0 Å². The van der Waals surface area contributed by atoms with E-state index in [0.29, 0.717) is 11.3 Å². The smallest absolute Gasteiger partial charge is 0.273 e. The maximum atomic E-state index is 12.1. The topological polar surface area (TPSA) is 73.6 Å². The van der Waals surface area contributed by atoms with Gasteiger partial charge in [0, 0.05) is 37.3 Å². The normalized spacial score (nSPS) is 11.2. The molecule has 0 aliphatic carbocycles. The molecular formula is C16H16N4O2. The molecule has 3 rings (SSSR count). The van der Waals surface area contributed by atoms with Gasteiger partial charge in [-0.05, 0) is 12.1 Å². The zero-order valence-corrected chi connectivity index (χ0v) is 12.3. The van der Waals surface area contributed by atoms with E-state index in [9.17, 15) is 4.79 Å². The first-order chi connectivity index (χ1) is 10.6. The summed E-state index contributed by atoms with van der Waals surface area (Å²) in [6.45, 7) is 0. The summed E-state index contributed by atoms with van der Waals surface area (Å²) >= 11 is 0. The molecule has 0 fully saturated rings. The minimum Gasteiger partial charge on any atom is -0.440 e. The van der Waals surface area contributed by atoms with Gasteiger partial charge in [-0.25, -0.2) is 5.43 Å². The number of H-pyrrole nitrogens is 1. The molecule has 0 saturated heterocycles. The van der Waals surface area contributed by atoms with Gasteiger partial charge in [-0.2, -0.15) is 5.10 Å². The monoisotopic (exact) mass is 296 g/mol. The summed E-state index contributed by atoms with van der Waals surface area (Å²) in [6.07, 6.45) is 3.15. The number of rotatable bonds is 4. The van der Waals surface area contributed by atoms with Gasteiger partial charge in [-0.1, -0.05) is 18.2 Å². The van der Waals surface area contributed by atoms with E-state index in [2.05, 4.69) is 15.5 Å². The highest BCUT2D eigenvalue weighted by Gasteiger charge is 2.10. The van der Waals surface area contributed by atoms with Gasteiger partial charge < -0.3 is 14.3 Å². The summed E-state index contributed by atoms with van der Waals surface area (Å²) < 4.78 is 5.51. The quantitative estimate of drug-likeness (QED) is 0.574. The number of carbonyl (C=O) groups excluding carboxylic acids is 1. The zero-order chi connectivity index (χ0) is 15.5. The van der Waals surface area contributed by atoms with Crippen LogP contribution in [0.5, 0.6) is 0 Å². The van der Waals surface area contributed by atoms with E-state index in [1.54, 1.807) is 12.3 Å². The summed E-state index contributed by atoms with van der Waals surface area (Å²) in [5.41, 5.74) is 3.97. The molecule has 0 radical (unpaired) electrons. The van der Waals surface area contributed by atoms with Gasteiger partial charge >= 0.3 is 0 Å². The summed E-state index contributed by atoms with van der Waals surface area (Å²) in [4.78, 5) is 17.0. The van der Waals surface area contributed by atoms with Crippen LogP contribution in [-0.2, 0) is 0 Å². The van der Waals surface area contributed by atoms with Crippen LogP contribution >= 0.6 is 0 Å². The highest BCUT2D eigenvalue weighted by atomic mass is 16.4. The molecule has 0 spiro atoms. The first-order valence-corrected chi connectivity index (χ1v) is 6.82.